The summed E-state index contributed by atoms with van der Waals surface area (Å²) in [6.45, 7) is 2.08. The number of nitrogens with zero attached hydrogens (tertiary/aromatic N) is 1. The number of hydrogen-bond acceptors (Lipinski definition) is 2. The van der Waals surface area contributed by atoms with Crippen molar-refractivity contribution in [2.75, 3.05) is 11.9 Å². The Morgan fingerprint density at radius 3 is 2.86 bits per heavy atom. The lowest BCUT2D eigenvalue weighted by atomic mass is 9.93. The van der Waals surface area contributed by atoms with Crippen molar-refractivity contribution in [1.82, 2.24) is 4.90 Å². The number of urea groups is 1. The quantitative estimate of drug-likeness (QED) is 0.899. The molecule has 1 saturated heterocycles. The first-order valence-corrected chi connectivity index (χ1v) is 7.05. The summed E-state index contributed by atoms with van der Waals surface area (Å²) in [4.78, 5) is 25.2. The van der Waals surface area contributed by atoms with E-state index < -0.39 is 23.4 Å². The molecule has 1 atom stereocenters. The highest BCUT2D eigenvalue weighted by molar-refractivity contribution is 6.33. The van der Waals surface area contributed by atoms with Crippen LogP contribution in [-0.2, 0) is 4.79 Å². The molecule has 7 heteroatoms. The SMILES string of the molecule is CCC1(C(=O)O)CCCN1C(=O)Nc1cc(F)ccc1Cl. The van der Waals surface area contributed by atoms with E-state index in [0.717, 1.165) is 6.07 Å². The van der Waals surface area contributed by atoms with Crippen molar-refractivity contribution in [2.24, 2.45) is 0 Å². The van der Waals surface area contributed by atoms with Crippen LogP contribution in [0.2, 0.25) is 5.02 Å². The van der Waals surface area contributed by atoms with Crippen molar-refractivity contribution in [2.45, 2.75) is 31.7 Å². The van der Waals surface area contributed by atoms with Crippen molar-refractivity contribution in [3.8, 4) is 0 Å². The van der Waals surface area contributed by atoms with Gasteiger partial charge in [0.1, 0.15) is 11.4 Å². The van der Waals surface area contributed by atoms with Gasteiger partial charge in [0.15, 0.2) is 0 Å². The third-order valence-corrected chi connectivity index (χ3v) is 4.22. The monoisotopic (exact) mass is 314 g/mol. The molecular formula is C14H16ClFN2O3. The number of benzene rings is 1. The lowest BCUT2D eigenvalue weighted by Gasteiger charge is -2.33. The van der Waals surface area contributed by atoms with Crippen molar-refractivity contribution >= 4 is 29.3 Å². The van der Waals surface area contributed by atoms with Gasteiger partial charge in [-0.3, -0.25) is 0 Å². The van der Waals surface area contributed by atoms with E-state index in [0.29, 0.717) is 25.8 Å². The second-order valence-electron chi connectivity index (χ2n) is 5.00. The molecule has 2 amide bonds. The zero-order valence-electron chi connectivity index (χ0n) is 11.5. The summed E-state index contributed by atoms with van der Waals surface area (Å²) in [5, 5.41) is 12.1. The van der Waals surface area contributed by atoms with Crippen LogP contribution in [0.3, 0.4) is 0 Å². The molecule has 0 aliphatic carbocycles. The molecule has 2 N–H and O–H groups in total. The summed E-state index contributed by atoms with van der Waals surface area (Å²) in [7, 11) is 0. The first kappa shape index (κ1) is 15.6. The number of amides is 2. The Hall–Kier alpha value is -1.82. The van der Waals surface area contributed by atoms with E-state index in [1.165, 1.54) is 17.0 Å². The maximum atomic E-state index is 13.2. The maximum Gasteiger partial charge on any atom is 0.329 e. The number of carboxylic acids is 1. The van der Waals surface area contributed by atoms with E-state index in [2.05, 4.69) is 5.32 Å². The van der Waals surface area contributed by atoms with Gasteiger partial charge in [-0.05, 0) is 37.5 Å². The van der Waals surface area contributed by atoms with Gasteiger partial charge < -0.3 is 15.3 Å². The summed E-state index contributed by atoms with van der Waals surface area (Å²) in [6, 6.07) is 3.04. The molecule has 1 fully saturated rings. The third-order valence-electron chi connectivity index (χ3n) is 3.89. The summed E-state index contributed by atoms with van der Waals surface area (Å²) >= 11 is 5.90. The first-order chi connectivity index (χ1) is 9.90. The van der Waals surface area contributed by atoms with Crippen LogP contribution in [0.1, 0.15) is 26.2 Å². The van der Waals surface area contributed by atoms with Gasteiger partial charge >= 0.3 is 12.0 Å². The van der Waals surface area contributed by atoms with Crippen molar-refractivity contribution in [3.63, 3.8) is 0 Å². The van der Waals surface area contributed by atoms with E-state index >= 15 is 0 Å². The number of carboxylic acid groups (broad SMARTS) is 1. The van der Waals surface area contributed by atoms with Crippen LogP contribution in [0.15, 0.2) is 18.2 Å². The molecule has 2 rings (SSSR count). The number of carbonyl (C=O) groups is 2. The number of likely N-dealkylation sites (tertiary alicyclic amines) is 1. The topological polar surface area (TPSA) is 69.6 Å². The van der Waals surface area contributed by atoms with E-state index in [9.17, 15) is 19.1 Å². The van der Waals surface area contributed by atoms with Crippen LogP contribution in [0.4, 0.5) is 14.9 Å². The minimum absolute atomic E-state index is 0.129. The molecule has 1 aromatic carbocycles. The minimum atomic E-state index is -1.20. The number of rotatable bonds is 3. The molecule has 0 bridgehead atoms. The molecule has 1 heterocycles. The molecule has 0 aromatic heterocycles. The number of halogens is 2. The predicted octanol–water partition coefficient (Wildman–Crippen LogP) is 3.34. The zero-order valence-corrected chi connectivity index (χ0v) is 12.3. The molecule has 0 spiro atoms. The van der Waals surface area contributed by atoms with Crippen LogP contribution in [0, 0.1) is 5.82 Å². The summed E-state index contributed by atoms with van der Waals surface area (Å²) in [5.74, 6) is -1.56. The molecule has 1 aromatic rings. The predicted molar refractivity (Wildman–Crippen MR) is 77.0 cm³/mol. The van der Waals surface area contributed by atoms with Crippen molar-refractivity contribution in [3.05, 3.63) is 29.0 Å². The molecule has 5 nitrogen and oxygen atoms in total. The molecule has 0 saturated carbocycles. The molecule has 114 valence electrons. The highest BCUT2D eigenvalue weighted by atomic mass is 35.5. The fourth-order valence-electron chi connectivity index (χ4n) is 2.69. The second-order valence-corrected chi connectivity index (χ2v) is 5.41. The lowest BCUT2D eigenvalue weighted by molar-refractivity contribution is -0.148. The lowest BCUT2D eigenvalue weighted by Crippen LogP contribution is -2.54. The Morgan fingerprint density at radius 2 is 2.24 bits per heavy atom. The number of anilines is 1. The Labute approximate surface area is 126 Å². The molecule has 1 unspecified atom stereocenters. The van der Waals surface area contributed by atoms with Crippen LogP contribution < -0.4 is 5.32 Å². The first-order valence-electron chi connectivity index (χ1n) is 6.68. The van der Waals surface area contributed by atoms with Gasteiger partial charge in [0.05, 0.1) is 10.7 Å². The van der Waals surface area contributed by atoms with E-state index in [4.69, 9.17) is 11.6 Å². The van der Waals surface area contributed by atoms with Gasteiger partial charge in [0.25, 0.3) is 0 Å². The van der Waals surface area contributed by atoms with Crippen molar-refractivity contribution < 1.29 is 19.1 Å². The smallest absolute Gasteiger partial charge is 0.329 e. The fraction of sp³-hybridized carbons (Fsp3) is 0.429. The van der Waals surface area contributed by atoms with Gasteiger partial charge in [-0.25, -0.2) is 14.0 Å². The highest BCUT2D eigenvalue weighted by Crippen LogP contribution is 2.34. The van der Waals surface area contributed by atoms with Crippen molar-refractivity contribution in [1.29, 1.82) is 0 Å². The highest BCUT2D eigenvalue weighted by Gasteiger charge is 2.48. The molecule has 0 radical (unpaired) electrons. The molecule has 21 heavy (non-hydrogen) atoms. The molecule has 1 aliphatic rings. The van der Waals surface area contributed by atoms with Crippen LogP contribution in [0.5, 0.6) is 0 Å². The standard InChI is InChI=1S/C14H16ClFN2O3/c1-2-14(12(19)20)6-3-7-18(14)13(21)17-11-8-9(16)4-5-10(11)15/h4-5,8H,2-3,6-7H2,1H3,(H,17,21)(H,19,20). The Balaban J connectivity index is 2.23. The van der Waals surface area contributed by atoms with Crippen LogP contribution >= 0.6 is 11.6 Å². The Bertz CT molecular complexity index is 581. The maximum absolute atomic E-state index is 13.2. The Kier molecular flexibility index (Phi) is 4.37. The van der Waals surface area contributed by atoms with E-state index in [-0.39, 0.29) is 10.7 Å². The largest absolute Gasteiger partial charge is 0.479 e. The van der Waals surface area contributed by atoms with E-state index in [1.807, 2.05) is 0 Å². The summed E-state index contributed by atoms with van der Waals surface area (Å²) in [6.07, 6.45) is 1.33. The van der Waals surface area contributed by atoms with Gasteiger partial charge in [0.2, 0.25) is 0 Å². The average molecular weight is 315 g/mol. The zero-order chi connectivity index (χ0) is 15.6. The molecule has 1 aliphatic heterocycles. The second kappa shape index (κ2) is 5.89. The third kappa shape index (κ3) is 2.81. The van der Waals surface area contributed by atoms with Gasteiger partial charge in [0, 0.05) is 6.54 Å². The number of aliphatic carboxylic acids is 1. The van der Waals surface area contributed by atoms with Crippen LogP contribution in [-0.4, -0.2) is 34.1 Å². The number of hydrogen-bond donors (Lipinski definition) is 2. The summed E-state index contributed by atoms with van der Waals surface area (Å²) < 4.78 is 13.2. The molecular weight excluding hydrogens is 299 g/mol. The Morgan fingerprint density at radius 1 is 1.52 bits per heavy atom. The van der Waals surface area contributed by atoms with E-state index in [1.54, 1.807) is 6.92 Å². The minimum Gasteiger partial charge on any atom is -0.479 e. The fourth-order valence-corrected chi connectivity index (χ4v) is 2.86. The van der Waals surface area contributed by atoms with Gasteiger partial charge in [-0.2, -0.15) is 0 Å². The number of nitrogens with one attached hydrogen (secondary N) is 1. The van der Waals surface area contributed by atoms with Crippen LogP contribution in [0.25, 0.3) is 0 Å². The summed E-state index contributed by atoms with van der Waals surface area (Å²) in [5.41, 5.74) is -1.08. The van der Waals surface area contributed by atoms with Gasteiger partial charge in [-0.1, -0.05) is 18.5 Å². The normalized spacial score (nSPS) is 21.4. The van der Waals surface area contributed by atoms with Gasteiger partial charge in [-0.15, -0.1) is 0 Å². The average Bonchev–Trinajstić information content (AvgIpc) is 2.88. The number of carbonyl (C=O) groups excluding carboxylic acids is 1.